The summed E-state index contributed by atoms with van der Waals surface area (Å²) in [6.45, 7) is 10.4. The molecule has 0 heterocycles. The Labute approximate surface area is 84.7 Å². The quantitative estimate of drug-likeness (QED) is 0.664. The Morgan fingerprint density at radius 3 is 1.83 bits per heavy atom. The molecule has 0 atom stereocenters. The van der Waals surface area contributed by atoms with Gasteiger partial charge in [-0.2, -0.15) is 0 Å². The summed E-state index contributed by atoms with van der Waals surface area (Å²) in [4.78, 5) is 0. The van der Waals surface area contributed by atoms with Crippen LogP contribution in [0.5, 0.6) is 0 Å². The molecule has 0 rings (SSSR count). The van der Waals surface area contributed by atoms with Crippen molar-refractivity contribution >= 4 is 0 Å². The van der Waals surface area contributed by atoms with Crippen LogP contribution in [0.25, 0.3) is 0 Å². The number of hydrogen-bond acceptors (Lipinski definition) is 3. The van der Waals surface area contributed by atoms with E-state index in [0.717, 1.165) is 6.61 Å². The minimum atomic E-state index is -2.49. The molecule has 0 aliphatic heterocycles. The van der Waals surface area contributed by atoms with E-state index in [0.29, 0.717) is 19.1 Å². The van der Waals surface area contributed by atoms with Gasteiger partial charge in [0.2, 0.25) is 0 Å². The Bertz CT molecular complexity index is 92.3. The van der Waals surface area contributed by atoms with E-state index >= 15 is 0 Å². The van der Waals surface area contributed by atoms with Crippen LogP contribution in [0.2, 0.25) is 0 Å². The zero-order valence-electron chi connectivity index (χ0n) is 8.42. The number of hydrogen-bond donors (Lipinski definition) is 0. The van der Waals surface area contributed by atoms with Crippen molar-refractivity contribution in [3.8, 4) is 0 Å². The molecule has 0 fully saturated rings. The summed E-state index contributed by atoms with van der Waals surface area (Å²) >= 11 is -2.49. The van der Waals surface area contributed by atoms with Crippen molar-refractivity contribution in [3.63, 3.8) is 0 Å². The maximum absolute atomic E-state index is 5.55. The third-order valence-electron chi connectivity index (χ3n) is 1.06. The van der Waals surface area contributed by atoms with Gasteiger partial charge in [0.05, 0.1) is 0 Å². The summed E-state index contributed by atoms with van der Waals surface area (Å²) in [6.07, 6.45) is 0. The van der Waals surface area contributed by atoms with Crippen molar-refractivity contribution in [1.82, 2.24) is 0 Å². The molecule has 0 spiro atoms. The van der Waals surface area contributed by atoms with Gasteiger partial charge in [0.1, 0.15) is 0 Å². The van der Waals surface area contributed by atoms with E-state index in [4.69, 9.17) is 8.56 Å². The third-order valence-corrected chi connectivity index (χ3v) is 6.27. The molecule has 4 heteroatoms. The molecule has 0 aliphatic carbocycles. The summed E-state index contributed by atoms with van der Waals surface area (Å²) in [6, 6.07) is 0. The maximum atomic E-state index is 5.55. The van der Waals surface area contributed by atoms with Crippen LogP contribution in [0.1, 0.15) is 27.7 Å². The fourth-order valence-corrected chi connectivity index (χ4v) is 4.87. The van der Waals surface area contributed by atoms with Crippen molar-refractivity contribution in [3.05, 3.63) is 0 Å². The normalized spacial score (nSPS) is 10.8. The Balaban J connectivity index is 3.48. The second-order valence-electron chi connectivity index (χ2n) is 2.82. The summed E-state index contributed by atoms with van der Waals surface area (Å²) in [5.74, 6) is 0.561. The molecule has 0 saturated heterocycles. The fourth-order valence-electron chi connectivity index (χ4n) is 0.595. The molecular weight excluding hydrogens is 323 g/mol. The minimum absolute atomic E-state index is 0.561. The Morgan fingerprint density at radius 1 is 1.00 bits per heavy atom. The zero-order chi connectivity index (χ0) is 9.40. The van der Waals surface area contributed by atoms with Gasteiger partial charge in [-0.15, -0.1) is 0 Å². The first-order chi connectivity index (χ1) is 5.70. The van der Waals surface area contributed by atoms with E-state index in [1.807, 2.05) is 13.8 Å². The van der Waals surface area contributed by atoms with Crippen LogP contribution in [0.3, 0.4) is 0 Å². The van der Waals surface area contributed by atoms with Crippen LogP contribution < -0.4 is 0 Å². The van der Waals surface area contributed by atoms with Crippen LogP contribution in [-0.4, -0.2) is 19.8 Å². The monoisotopic (exact) mass is 343 g/mol. The van der Waals surface area contributed by atoms with Crippen LogP contribution in [0.4, 0.5) is 0 Å². The second-order valence-corrected chi connectivity index (χ2v) is 7.73. The predicted molar refractivity (Wildman–Crippen MR) is 44.0 cm³/mol. The molecule has 0 bridgehead atoms. The first-order valence-electron chi connectivity index (χ1n) is 4.46. The molecule has 0 amide bonds. The van der Waals surface area contributed by atoms with Crippen molar-refractivity contribution < 1.29 is 31.3 Å². The molecule has 0 unspecified atom stereocenters. The topological polar surface area (TPSA) is 27.7 Å². The average molecular weight is 342 g/mol. The summed E-state index contributed by atoms with van der Waals surface area (Å²) in [7, 11) is 0. The van der Waals surface area contributed by atoms with Gasteiger partial charge in [0.25, 0.3) is 0 Å². The molecule has 73 valence electrons. The van der Waals surface area contributed by atoms with Crippen molar-refractivity contribution in [1.29, 1.82) is 0 Å². The Morgan fingerprint density at radius 2 is 1.50 bits per heavy atom. The van der Waals surface area contributed by atoms with Crippen molar-refractivity contribution in [2.45, 2.75) is 27.7 Å². The second kappa shape index (κ2) is 8.35. The van der Waals surface area contributed by atoms with E-state index in [9.17, 15) is 0 Å². The van der Waals surface area contributed by atoms with Gasteiger partial charge in [-0.25, -0.2) is 0 Å². The molecule has 0 aliphatic rings. The first kappa shape index (κ1) is 12.8. The van der Waals surface area contributed by atoms with Gasteiger partial charge in [-0.05, 0) is 0 Å². The zero-order valence-corrected chi connectivity index (χ0v) is 12.0. The van der Waals surface area contributed by atoms with Gasteiger partial charge in [0.15, 0.2) is 0 Å². The Kier molecular flexibility index (Phi) is 8.88. The van der Waals surface area contributed by atoms with Gasteiger partial charge < -0.3 is 0 Å². The molecule has 0 aromatic carbocycles. The van der Waals surface area contributed by atoms with Gasteiger partial charge >= 0.3 is 84.7 Å². The standard InChI is InChI=1S/C4H9O.2C2H5O.Hf/c1-4(2)3-5;2*1-2-3;/h4H,3H2,1-2H3;2*2H2,1H3;/q3*-1;+3. The van der Waals surface area contributed by atoms with Crippen molar-refractivity contribution in [2.24, 2.45) is 5.92 Å². The van der Waals surface area contributed by atoms with Crippen LogP contribution >= 0.6 is 0 Å². The van der Waals surface area contributed by atoms with E-state index in [1.165, 1.54) is 0 Å². The molecule has 0 N–H and O–H groups in total. The van der Waals surface area contributed by atoms with Gasteiger partial charge in [0, 0.05) is 0 Å². The van der Waals surface area contributed by atoms with Crippen LogP contribution in [0, 0.1) is 5.92 Å². The van der Waals surface area contributed by atoms with E-state index in [2.05, 4.69) is 13.8 Å². The summed E-state index contributed by atoms with van der Waals surface area (Å²) in [5.41, 5.74) is 0. The van der Waals surface area contributed by atoms with E-state index in [-0.39, 0.29) is 0 Å². The Hall–Kier alpha value is 0.750. The predicted octanol–water partition coefficient (Wildman–Crippen LogP) is 2.10. The van der Waals surface area contributed by atoms with Crippen LogP contribution in [0.15, 0.2) is 0 Å². The van der Waals surface area contributed by atoms with Crippen molar-refractivity contribution in [2.75, 3.05) is 19.8 Å². The van der Waals surface area contributed by atoms with E-state index in [1.54, 1.807) is 0 Å². The summed E-state index contributed by atoms with van der Waals surface area (Å²) < 4.78 is 16.4. The molecule has 12 heavy (non-hydrogen) atoms. The molecule has 0 radical (unpaired) electrons. The first-order valence-corrected chi connectivity index (χ1v) is 8.86. The van der Waals surface area contributed by atoms with Crippen LogP contribution in [-0.2, 0) is 31.3 Å². The molecule has 3 nitrogen and oxygen atoms in total. The fraction of sp³-hybridized carbons (Fsp3) is 1.00. The third kappa shape index (κ3) is 7.40. The van der Waals surface area contributed by atoms with Gasteiger partial charge in [-0.1, -0.05) is 0 Å². The average Bonchev–Trinajstić information content (AvgIpc) is 2.01. The molecule has 0 saturated carbocycles. The van der Waals surface area contributed by atoms with Gasteiger partial charge in [-0.3, -0.25) is 0 Å². The molecular formula is C8H19HfO3. The SMILES string of the molecule is CC[O][Hf]([O]CC)[O]CC(C)C. The summed E-state index contributed by atoms with van der Waals surface area (Å²) in [5, 5.41) is 0. The molecule has 0 aromatic heterocycles. The molecule has 0 aromatic rings. The number of rotatable bonds is 7. The van der Waals surface area contributed by atoms with E-state index < -0.39 is 22.7 Å².